The van der Waals surface area contributed by atoms with E-state index < -0.39 is 30.5 Å². The molecule has 6 heterocycles. The third-order valence-corrected chi connectivity index (χ3v) is 11.1. The summed E-state index contributed by atoms with van der Waals surface area (Å²) in [5.41, 5.74) is 2.36. The van der Waals surface area contributed by atoms with Crippen LogP contribution in [0.5, 0.6) is 0 Å². The van der Waals surface area contributed by atoms with Crippen LogP contribution in [0.25, 0.3) is 11.4 Å². The molecule has 1 saturated carbocycles. The van der Waals surface area contributed by atoms with Gasteiger partial charge in [0.05, 0.1) is 50.6 Å². The van der Waals surface area contributed by atoms with E-state index in [1.807, 2.05) is 14.7 Å². The Morgan fingerprint density at radius 1 is 0.667 bits per heavy atom. The zero-order valence-corrected chi connectivity index (χ0v) is 28.2. The van der Waals surface area contributed by atoms with Crippen LogP contribution in [0, 0.1) is 0 Å². The topological polar surface area (TPSA) is 128 Å². The lowest BCUT2D eigenvalue weighted by molar-refractivity contribution is 0.0627. The first-order valence-corrected chi connectivity index (χ1v) is 18.0. The lowest BCUT2D eigenvalue weighted by Gasteiger charge is -2.37. The first-order valence-electron chi connectivity index (χ1n) is 18.0. The lowest BCUT2D eigenvalue weighted by Crippen LogP contribution is -2.50. The zero-order chi connectivity index (χ0) is 34.6. The van der Waals surface area contributed by atoms with E-state index in [2.05, 4.69) is 15.5 Å². The molecule has 4 bridgehead atoms. The molecule has 3 aromatic rings. The van der Waals surface area contributed by atoms with E-state index in [0.29, 0.717) is 72.3 Å². The molecule has 268 valence electrons. The molecule has 1 aromatic heterocycles. The van der Waals surface area contributed by atoms with E-state index in [1.54, 1.807) is 48.5 Å². The summed E-state index contributed by atoms with van der Waals surface area (Å²) in [6.07, 6.45) is 1.07. The van der Waals surface area contributed by atoms with Crippen LogP contribution in [0.1, 0.15) is 36.0 Å². The van der Waals surface area contributed by atoms with Crippen molar-refractivity contribution in [2.75, 3.05) is 73.0 Å². The van der Waals surface area contributed by atoms with Gasteiger partial charge < -0.3 is 34.8 Å². The van der Waals surface area contributed by atoms with E-state index in [9.17, 15) is 18.4 Å². The van der Waals surface area contributed by atoms with Crippen LogP contribution in [-0.4, -0.2) is 132 Å². The molecule has 13 nitrogen and oxygen atoms in total. The Morgan fingerprint density at radius 3 is 1.71 bits per heavy atom. The van der Waals surface area contributed by atoms with Crippen molar-refractivity contribution in [1.82, 2.24) is 24.8 Å². The fourth-order valence-corrected chi connectivity index (χ4v) is 8.21. The minimum Gasteiger partial charge on any atom is -0.377 e. The van der Waals surface area contributed by atoms with Crippen molar-refractivity contribution in [1.29, 1.82) is 0 Å². The summed E-state index contributed by atoms with van der Waals surface area (Å²) >= 11 is 0. The maximum absolute atomic E-state index is 15.0. The van der Waals surface area contributed by atoms with Gasteiger partial charge in [-0.3, -0.25) is 9.69 Å². The van der Waals surface area contributed by atoms with Crippen molar-refractivity contribution in [3.05, 3.63) is 54.1 Å². The maximum Gasteiger partial charge on any atom is 0.323 e. The van der Waals surface area contributed by atoms with E-state index in [-0.39, 0.29) is 31.2 Å². The van der Waals surface area contributed by atoms with Gasteiger partial charge in [0, 0.05) is 67.6 Å². The van der Waals surface area contributed by atoms with Gasteiger partial charge in [-0.25, -0.2) is 13.6 Å². The summed E-state index contributed by atoms with van der Waals surface area (Å²) < 4.78 is 41.3. The third kappa shape index (κ3) is 6.35. The number of aromatic nitrogens is 3. The number of morpholine rings is 2. The predicted octanol–water partition coefficient (Wildman–Crippen LogP) is 3.73. The second-order valence-electron chi connectivity index (χ2n) is 14.4. The van der Waals surface area contributed by atoms with Crippen molar-refractivity contribution >= 4 is 35.2 Å². The Balaban J connectivity index is 0.884. The van der Waals surface area contributed by atoms with Crippen molar-refractivity contribution in [3.63, 3.8) is 0 Å². The first kappa shape index (κ1) is 32.4. The number of nitrogens with one attached hydrogen (secondary N) is 2. The van der Waals surface area contributed by atoms with Gasteiger partial charge in [-0.2, -0.15) is 15.0 Å². The number of hydrogen-bond donors (Lipinski definition) is 2. The number of urea groups is 1. The van der Waals surface area contributed by atoms with Crippen LogP contribution in [0.3, 0.4) is 0 Å². The van der Waals surface area contributed by atoms with Gasteiger partial charge in [-0.1, -0.05) is 0 Å². The van der Waals surface area contributed by atoms with Gasteiger partial charge in [0.2, 0.25) is 11.9 Å². The average molecular weight is 702 g/mol. The summed E-state index contributed by atoms with van der Waals surface area (Å²) in [5, 5.41) is 5.66. The number of carbonyl (C=O) groups is 2. The number of fused-ring (bicyclic) bond motifs is 4. The van der Waals surface area contributed by atoms with Crippen LogP contribution in [0.15, 0.2) is 48.5 Å². The molecular formula is C36H41F2N9O4. The molecule has 6 aliphatic rings. The monoisotopic (exact) mass is 701 g/mol. The molecule has 5 saturated heterocycles. The van der Waals surface area contributed by atoms with Crippen molar-refractivity contribution in [2.45, 2.75) is 68.2 Å². The normalized spacial score (nSPS) is 28.9. The zero-order valence-electron chi connectivity index (χ0n) is 28.2. The number of amides is 3. The van der Waals surface area contributed by atoms with Crippen molar-refractivity contribution in [3.8, 4) is 11.4 Å². The molecule has 0 spiro atoms. The highest BCUT2D eigenvalue weighted by Crippen LogP contribution is 2.39. The second-order valence-corrected chi connectivity index (χ2v) is 14.4. The smallest absolute Gasteiger partial charge is 0.323 e. The van der Waals surface area contributed by atoms with Crippen LogP contribution < -0.4 is 20.4 Å². The molecule has 5 aliphatic heterocycles. The van der Waals surface area contributed by atoms with Gasteiger partial charge in [0.15, 0.2) is 5.82 Å². The maximum atomic E-state index is 15.0. The first-order chi connectivity index (χ1) is 24.9. The number of rotatable bonds is 7. The summed E-state index contributed by atoms with van der Waals surface area (Å²) in [7, 11) is 0. The van der Waals surface area contributed by atoms with E-state index in [4.69, 9.17) is 24.4 Å². The van der Waals surface area contributed by atoms with Crippen LogP contribution in [0.2, 0.25) is 0 Å². The van der Waals surface area contributed by atoms with Gasteiger partial charge >= 0.3 is 6.03 Å². The Kier molecular flexibility index (Phi) is 8.43. The molecule has 0 radical (unpaired) electrons. The van der Waals surface area contributed by atoms with E-state index >= 15 is 0 Å². The minimum absolute atomic E-state index is 0.00627. The van der Waals surface area contributed by atoms with E-state index in [1.165, 1.54) is 12.8 Å². The number of halogens is 2. The Morgan fingerprint density at radius 2 is 1.20 bits per heavy atom. The molecule has 2 N–H and O–H groups in total. The van der Waals surface area contributed by atoms with Crippen molar-refractivity contribution in [2.24, 2.45) is 0 Å². The molecule has 6 unspecified atom stereocenters. The molecular weight excluding hydrogens is 660 g/mol. The summed E-state index contributed by atoms with van der Waals surface area (Å²) in [5.74, 6) is 1.07. The molecule has 3 amide bonds. The molecule has 2 aromatic carbocycles. The van der Waals surface area contributed by atoms with Gasteiger partial charge in [-0.05, 0) is 61.4 Å². The number of hydrogen-bond acceptors (Lipinski definition) is 10. The summed E-state index contributed by atoms with van der Waals surface area (Å²) in [4.78, 5) is 48.5. The molecule has 15 heteroatoms. The molecule has 9 rings (SSSR count). The molecule has 6 fully saturated rings. The Hall–Kier alpha value is -4.47. The number of ether oxygens (including phenoxy) is 2. The number of piperazine rings is 1. The average Bonchev–Trinajstić information content (AvgIpc) is 3.95. The van der Waals surface area contributed by atoms with Gasteiger partial charge in [-0.15, -0.1) is 0 Å². The second kappa shape index (κ2) is 13.3. The standard InChI is InChI=1S/C36H41F2N9O4/c37-28-15-26-17-50-19-30(28)46(26)34-41-32(42-35(43-34)47-27-16-29(38)31(47)20-51-18-27)21-1-5-23(6-2-21)39-36(49)40-24-7-3-22(4-8-24)33(48)45-13-11-44(12-14-45)25-9-10-25/h1-8,25-31H,9-20H2,(H2,39,40,49). The number of alkyl halides is 2. The minimum atomic E-state index is -1.06. The highest BCUT2D eigenvalue weighted by Gasteiger charge is 2.49. The highest BCUT2D eigenvalue weighted by atomic mass is 19.1. The number of benzene rings is 2. The summed E-state index contributed by atoms with van der Waals surface area (Å²) in [6.45, 7) is 4.54. The quantitative estimate of drug-likeness (QED) is 0.376. The molecule has 51 heavy (non-hydrogen) atoms. The number of nitrogens with zero attached hydrogens (tertiary/aromatic N) is 7. The predicted molar refractivity (Wildman–Crippen MR) is 186 cm³/mol. The van der Waals surface area contributed by atoms with Crippen LogP contribution in [0.4, 0.5) is 36.8 Å². The van der Waals surface area contributed by atoms with Crippen molar-refractivity contribution < 1.29 is 27.8 Å². The van der Waals surface area contributed by atoms with Gasteiger partial charge in [0.25, 0.3) is 5.91 Å². The number of carbonyl (C=O) groups excluding carboxylic acids is 2. The number of anilines is 4. The van der Waals surface area contributed by atoms with Crippen LogP contribution in [-0.2, 0) is 9.47 Å². The summed E-state index contributed by atoms with van der Waals surface area (Å²) in [6, 6.07) is 12.9. The lowest BCUT2D eigenvalue weighted by atomic mass is 10.1. The molecule has 1 aliphatic carbocycles. The largest absolute Gasteiger partial charge is 0.377 e. The third-order valence-electron chi connectivity index (χ3n) is 11.1. The van der Waals surface area contributed by atoms with E-state index in [0.717, 1.165) is 26.2 Å². The highest BCUT2D eigenvalue weighted by molar-refractivity contribution is 6.00. The Labute approximate surface area is 294 Å². The SMILES string of the molecule is O=C(Nc1ccc(C(=O)N2CCN(C3CC3)CC2)cc1)Nc1ccc(-c2nc(N3C4COCC3C(F)C4)nc(N3C4COCC3C(F)C4)n2)cc1. The Bertz CT molecular complexity index is 1720. The fraction of sp³-hybridized carbons (Fsp3) is 0.528. The van der Waals surface area contributed by atoms with Gasteiger partial charge in [0.1, 0.15) is 12.3 Å². The molecule has 6 atom stereocenters. The van der Waals surface area contributed by atoms with Crippen LogP contribution >= 0.6 is 0 Å². The fourth-order valence-electron chi connectivity index (χ4n) is 8.21.